The Morgan fingerprint density at radius 3 is 2.83 bits per heavy atom. The molecule has 2 aromatic rings. The van der Waals surface area contributed by atoms with E-state index in [1.54, 1.807) is 10.6 Å². The maximum Gasteiger partial charge on any atom is 0.314 e. The molecule has 124 valence electrons. The van der Waals surface area contributed by atoms with E-state index in [0.717, 1.165) is 5.69 Å². The molecule has 1 aliphatic heterocycles. The molecule has 0 saturated heterocycles. The zero-order chi connectivity index (χ0) is 16.4. The topological polar surface area (TPSA) is 90.7 Å². The van der Waals surface area contributed by atoms with Crippen molar-refractivity contribution in [1.82, 2.24) is 5.43 Å². The van der Waals surface area contributed by atoms with Gasteiger partial charge in [-0.1, -0.05) is 12.1 Å². The Kier molecular flexibility index (Phi) is 5.28. The second-order valence-electron chi connectivity index (χ2n) is 4.96. The third-order valence-corrected chi connectivity index (χ3v) is 3.41. The Morgan fingerprint density at radius 1 is 1.33 bits per heavy atom. The number of phenolic OH excluding ortho intramolecular Hbond substituents is 1. The van der Waals surface area contributed by atoms with Gasteiger partial charge in [-0.25, -0.2) is 10.2 Å². The first kappa shape index (κ1) is 17.6. The number of carbonyl (C=O) groups is 1. The monoisotopic (exact) mass is 349 g/mol. The van der Waals surface area contributed by atoms with E-state index in [2.05, 4.69) is 10.4 Å². The van der Waals surface area contributed by atoms with E-state index in [1.165, 1.54) is 24.4 Å². The first-order valence-corrected chi connectivity index (χ1v) is 6.87. The van der Waals surface area contributed by atoms with Crippen LogP contribution in [0.3, 0.4) is 0 Å². The zero-order valence-corrected chi connectivity index (χ0v) is 13.3. The lowest BCUT2D eigenvalue weighted by Crippen LogP contribution is -2.33. The minimum atomic E-state index is -0.472. The van der Waals surface area contributed by atoms with Crippen LogP contribution in [0.5, 0.6) is 5.75 Å². The number of benzene rings is 2. The van der Waals surface area contributed by atoms with Gasteiger partial charge in [-0.15, -0.1) is 12.4 Å². The number of rotatable bonds is 3. The standard InChI is InChI=1S/C16H13FN4O2.ClH/c17-11-5-6-14(22)10(7-11)9-21-13-4-2-1-3-12(13)19-15(21)8-16(23)20-18;/h1-7,9H,8,18H2,(H,20,23);1H/p+1. The summed E-state index contributed by atoms with van der Waals surface area (Å²) in [6, 6.07) is 10.9. The molecule has 0 unspecified atom stereocenters. The average molecular weight is 350 g/mol. The molecule has 0 spiro atoms. The normalized spacial score (nSPS) is 13.9. The van der Waals surface area contributed by atoms with E-state index in [-0.39, 0.29) is 30.1 Å². The van der Waals surface area contributed by atoms with Crippen LogP contribution >= 0.6 is 12.4 Å². The molecule has 0 radical (unpaired) electrons. The number of nitrogens with zero attached hydrogens (tertiary/aromatic N) is 2. The molecule has 1 amide bonds. The third kappa shape index (κ3) is 3.42. The van der Waals surface area contributed by atoms with Crippen LogP contribution < -0.4 is 11.3 Å². The van der Waals surface area contributed by atoms with Crippen LogP contribution in [0.2, 0.25) is 0 Å². The maximum absolute atomic E-state index is 13.4. The molecule has 2 aromatic carbocycles. The fraction of sp³-hybridized carbons (Fsp3) is 0.0625. The van der Waals surface area contributed by atoms with Crippen molar-refractivity contribution in [2.45, 2.75) is 6.42 Å². The highest BCUT2D eigenvalue weighted by molar-refractivity contribution is 6.02. The van der Waals surface area contributed by atoms with Crippen LogP contribution in [0.15, 0.2) is 47.5 Å². The number of nitrogens with one attached hydrogen (secondary N) is 1. The van der Waals surface area contributed by atoms with E-state index < -0.39 is 11.7 Å². The van der Waals surface area contributed by atoms with Crippen LogP contribution in [0.1, 0.15) is 12.0 Å². The Labute approximate surface area is 143 Å². The number of halogens is 2. The third-order valence-electron chi connectivity index (χ3n) is 3.41. The van der Waals surface area contributed by atoms with E-state index in [9.17, 15) is 14.3 Å². The quantitative estimate of drug-likeness (QED) is 0.343. The van der Waals surface area contributed by atoms with E-state index in [1.807, 2.05) is 18.2 Å². The maximum atomic E-state index is 13.4. The van der Waals surface area contributed by atoms with Gasteiger partial charge >= 0.3 is 5.84 Å². The van der Waals surface area contributed by atoms with Crippen LogP contribution in [-0.4, -0.2) is 27.6 Å². The van der Waals surface area contributed by atoms with Crippen LogP contribution in [-0.2, 0) is 4.79 Å². The molecule has 0 fully saturated rings. The summed E-state index contributed by atoms with van der Waals surface area (Å²) in [6.45, 7) is 0. The molecule has 0 bridgehead atoms. The van der Waals surface area contributed by atoms with Crippen LogP contribution in [0.4, 0.5) is 15.8 Å². The number of amidine groups is 1. The first-order valence-electron chi connectivity index (χ1n) is 6.87. The minimum absolute atomic E-state index is 0. The molecule has 3 rings (SSSR count). The summed E-state index contributed by atoms with van der Waals surface area (Å²) < 4.78 is 15.1. The van der Waals surface area contributed by atoms with Crippen molar-refractivity contribution < 1.29 is 18.9 Å². The predicted molar refractivity (Wildman–Crippen MR) is 90.9 cm³/mol. The van der Waals surface area contributed by atoms with Crippen molar-refractivity contribution in [3.8, 4) is 5.75 Å². The lowest BCUT2D eigenvalue weighted by Gasteiger charge is -2.03. The Bertz CT molecular complexity index is 852. The fourth-order valence-electron chi connectivity index (χ4n) is 2.33. The zero-order valence-electron chi connectivity index (χ0n) is 12.4. The van der Waals surface area contributed by atoms with E-state index >= 15 is 0 Å². The van der Waals surface area contributed by atoms with Gasteiger partial charge in [0.2, 0.25) is 11.6 Å². The number of hydrogen-bond acceptors (Lipinski definition) is 4. The first-order chi connectivity index (χ1) is 11.1. The Balaban J connectivity index is 0.00000208. The molecular formula is C16H15ClFN4O2+. The summed E-state index contributed by atoms with van der Waals surface area (Å²) in [7, 11) is 0. The molecule has 0 atom stereocenters. The van der Waals surface area contributed by atoms with Gasteiger partial charge in [-0.3, -0.25) is 10.2 Å². The van der Waals surface area contributed by atoms with Gasteiger partial charge in [0.25, 0.3) is 0 Å². The number of carbonyl (C=O) groups excluding carboxylic acids is 1. The highest BCUT2D eigenvalue weighted by Crippen LogP contribution is 2.34. The molecule has 8 heteroatoms. The fourth-order valence-corrected chi connectivity index (χ4v) is 2.33. The summed E-state index contributed by atoms with van der Waals surface area (Å²) in [5.74, 6) is 4.61. The molecule has 0 aromatic heterocycles. The number of hydrogen-bond donors (Lipinski definition) is 3. The number of phenols is 1. The smallest absolute Gasteiger partial charge is 0.314 e. The lowest BCUT2D eigenvalue weighted by atomic mass is 10.2. The Hall–Kier alpha value is -2.77. The molecular weight excluding hydrogens is 335 g/mol. The molecule has 4 N–H and O–H groups in total. The number of para-hydroxylation sites is 2. The van der Waals surface area contributed by atoms with Crippen molar-refractivity contribution in [2.75, 3.05) is 0 Å². The number of hydrazine groups is 1. The van der Waals surface area contributed by atoms with Crippen LogP contribution in [0, 0.1) is 5.82 Å². The van der Waals surface area contributed by atoms with E-state index in [4.69, 9.17) is 5.84 Å². The molecule has 0 saturated carbocycles. The molecule has 1 heterocycles. The van der Waals surface area contributed by atoms with Gasteiger partial charge in [0.05, 0.1) is 5.56 Å². The number of fused-ring (bicyclic) bond motifs is 1. The highest BCUT2D eigenvalue weighted by Gasteiger charge is 2.31. The number of aromatic hydroxyl groups is 1. The number of nitrogens with two attached hydrogens (primary N) is 1. The highest BCUT2D eigenvalue weighted by atomic mass is 35.5. The second kappa shape index (κ2) is 7.20. The van der Waals surface area contributed by atoms with Crippen molar-refractivity contribution in [3.05, 3.63) is 53.8 Å². The summed E-state index contributed by atoms with van der Waals surface area (Å²) in [5.41, 5.74) is 3.75. The van der Waals surface area contributed by atoms with Gasteiger partial charge in [0.15, 0.2) is 5.69 Å². The largest absolute Gasteiger partial charge is 0.507 e. The van der Waals surface area contributed by atoms with Gasteiger partial charge in [0, 0.05) is 0 Å². The van der Waals surface area contributed by atoms with Crippen molar-refractivity contribution in [2.24, 2.45) is 10.8 Å². The summed E-state index contributed by atoms with van der Waals surface area (Å²) in [4.78, 5) is 16.0. The van der Waals surface area contributed by atoms with Crippen LogP contribution in [0.25, 0.3) is 0 Å². The SMILES string of the molecule is Cl.NNC(=O)CC1=Nc2ccccc2[N+]1=Cc1cc(F)ccc1O. The second-order valence-corrected chi connectivity index (χ2v) is 4.96. The Morgan fingerprint density at radius 2 is 2.08 bits per heavy atom. The molecule has 1 aliphatic rings. The van der Waals surface area contributed by atoms with Gasteiger partial charge in [0.1, 0.15) is 24.2 Å². The molecule has 0 aliphatic carbocycles. The molecule has 24 heavy (non-hydrogen) atoms. The summed E-state index contributed by atoms with van der Waals surface area (Å²) in [5, 5.41) is 9.89. The van der Waals surface area contributed by atoms with Gasteiger partial charge in [-0.2, -0.15) is 4.58 Å². The van der Waals surface area contributed by atoms with E-state index in [0.29, 0.717) is 11.5 Å². The summed E-state index contributed by atoms with van der Waals surface area (Å²) >= 11 is 0. The lowest BCUT2D eigenvalue weighted by molar-refractivity contribution is -0.296. The molecule has 6 nitrogen and oxygen atoms in total. The van der Waals surface area contributed by atoms with Crippen molar-refractivity contribution >= 4 is 41.7 Å². The van der Waals surface area contributed by atoms with Gasteiger partial charge < -0.3 is 5.11 Å². The summed E-state index contributed by atoms with van der Waals surface area (Å²) in [6.07, 6.45) is 1.49. The minimum Gasteiger partial charge on any atom is -0.507 e. The van der Waals surface area contributed by atoms with Gasteiger partial charge in [-0.05, 0) is 35.3 Å². The number of aliphatic imine (C=N–C) groups is 1. The predicted octanol–water partition coefficient (Wildman–Crippen LogP) is 2.14. The average Bonchev–Trinajstić information content (AvgIpc) is 2.88. The number of amides is 1. The van der Waals surface area contributed by atoms with Crippen molar-refractivity contribution in [1.29, 1.82) is 0 Å². The van der Waals surface area contributed by atoms with Crippen molar-refractivity contribution in [3.63, 3.8) is 0 Å².